The zero-order valence-electron chi connectivity index (χ0n) is 11.3. The number of rotatable bonds is 3. The van der Waals surface area contributed by atoms with Crippen LogP contribution in [0.25, 0.3) is 10.2 Å². The molecular weight excluding hydrogens is 311 g/mol. The topological polar surface area (TPSA) is 20.9 Å². The van der Waals surface area contributed by atoms with Crippen molar-refractivity contribution in [1.82, 2.24) is 0 Å². The average Bonchev–Trinajstić information content (AvgIpc) is 2.90. The number of benzene rings is 2. The van der Waals surface area contributed by atoms with Gasteiger partial charge < -0.3 is 0 Å². The van der Waals surface area contributed by atoms with E-state index in [1.165, 1.54) is 23.5 Å². The summed E-state index contributed by atoms with van der Waals surface area (Å²) in [5.41, 5.74) is 2.30. The number of ketones is 1. The van der Waals surface area contributed by atoms with Gasteiger partial charge in [-0.2, -0.15) is 17.7 Å². The van der Waals surface area contributed by atoms with Crippen LogP contribution >= 0.6 is 11.3 Å². The van der Waals surface area contributed by atoms with Crippen molar-refractivity contribution in [1.29, 1.82) is 0 Å². The number of hydrogen-bond donors (Lipinski definition) is 0. The molecule has 0 amide bonds. The van der Waals surface area contributed by atoms with Gasteiger partial charge in [-0.25, -0.2) is 0 Å². The molecule has 0 spiro atoms. The maximum absolute atomic E-state index is 12.5. The molecule has 0 aliphatic rings. The van der Waals surface area contributed by atoms with Crippen LogP contribution < -0.4 is 4.57 Å². The number of thiazole rings is 1. The molecule has 3 rings (SSSR count). The zero-order chi connectivity index (χ0) is 15.7. The molecule has 1 aromatic heterocycles. The average molecular weight is 322 g/mol. The molecule has 0 atom stereocenters. The van der Waals surface area contributed by atoms with E-state index in [9.17, 15) is 18.0 Å². The Hall–Kier alpha value is -2.21. The molecule has 112 valence electrons. The fourth-order valence-corrected chi connectivity index (χ4v) is 3.08. The third-order valence-corrected chi connectivity index (χ3v) is 4.29. The van der Waals surface area contributed by atoms with Crippen LogP contribution in [0.5, 0.6) is 0 Å². The van der Waals surface area contributed by atoms with Gasteiger partial charge in [-0.1, -0.05) is 35.6 Å². The van der Waals surface area contributed by atoms with Gasteiger partial charge in [0.2, 0.25) is 23.4 Å². The number of halogens is 3. The van der Waals surface area contributed by atoms with Gasteiger partial charge in [0, 0.05) is 11.6 Å². The molecule has 2 nitrogen and oxygen atoms in total. The molecule has 0 saturated carbocycles. The third-order valence-electron chi connectivity index (χ3n) is 3.33. The monoisotopic (exact) mass is 322 g/mol. The van der Waals surface area contributed by atoms with Crippen molar-refractivity contribution in [2.24, 2.45) is 0 Å². The summed E-state index contributed by atoms with van der Waals surface area (Å²) in [6.45, 7) is 0.107. The van der Waals surface area contributed by atoms with Crippen molar-refractivity contribution in [2.45, 2.75) is 12.7 Å². The van der Waals surface area contributed by atoms with Gasteiger partial charge in [-0.05, 0) is 18.2 Å². The zero-order valence-corrected chi connectivity index (χ0v) is 12.1. The maximum atomic E-state index is 12.5. The molecule has 2 aromatic carbocycles. The lowest BCUT2D eigenvalue weighted by Gasteiger charge is -2.06. The molecule has 0 N–H and O–H groups in total. The lowest BCUT2D eigenvalue weighted by molar-refractivity contribution is -0.652. The van der Waals surface area contributed by atoms with Gasteiger partial charge in [0.15, 0.2) is 0 Å². The minimum absolute atomic E-state index is 0.107. The van der Waals surface area contributed by atoms with E-state index < -0.39 is 11.7 Å². The molecule has 1 heterocycles. The Labute approximate surface area is 128 Å². The summed E-state index contributed by atoms with van der Waals surface area (Å²) in [6, 6.07) is 12.0. The first-order valence-corrected chi connectivity index (χ1v) is 7.39. The number of nitrogens with zero attached hydrogens (tertiary/aromatic N) is 1. The third kappa shape index (κ3) is 2.87. The summed E-state index contributed by atoms with van der Waals surface area (Å²) in [4.78, 5) is 12.2. The summed E-state index contributed by atoms with van der Waals surface area (Å²) >= 11 is 1.52. The highest BCUT2D eigenvalue weighted by Crippen LogP contribution is 2.29. The quantitative estimate of drug-likeness (QED) is 0.525. The Morgan fingerprint density at radius 1 is 1.05 bits per heavy atom. The number of hydrogen-bond acceptors (Lipinski definition) is 2. The highest BCUT2D eigenvalue weighted by atomic mass is 32.1. The van der Waals surface area contributed by atoms with Crippen molar-refractivity contribution in [3.63, 3.8) is 0 Å². The Morgan fingerprint density at radius 3 is 2.41 bits per heavy atom. The van der Waals surface area contributed by atoms with E-state index in [1.807, 2.05) is 29.8 Å². The number of carbonyl (C=O) groups excluding carboxylic acids is 1. The molecule has 22 heavy (non-hydrogen) atoms. The smallest absolute Gasteiger partial charge is 0.287 e. The SMILES string of the molecule is O=C(C[n+]1csc2ccccc21)c1ccc(C(F)(F)F)cc1. The Morgan fingerprint density at radius 2 is 1.73 bits per heavy atom. The molecule has 0 aliphatic carbocycles. The first-order valence-electron chi connectivity index (χ1n) is 6.51. The Balaban J connectivity index is 1.83. The van der Waals surface area contributed by atoms with E-state index >= 15 is 0 Å². The number of para-hydroxylation sites is 1. The molecule has 0 bridgehead atoms. The van der Waals surface area contributed by atoms with Crippen LogP contribution in [0.15, 0.2) is 54.0 Å². The van der Waals surface area contributed by atoms with Gasteiger partial charge >= 0.3 is 6.18 Å². The van der Waals surface area contributed by atoms with E-state index in [0.29, 0.717) is 0 Å². The summed E-state index contributed by atoms with van der Waals surface area (Å²) < 4.78 is 40.4. The van der Waals surface area contributed by atoms with E-state index in [2.05, 4.69) is 0 Å². The maximum Gasteiger partial charge on any atom is 0.416 e. The summed E-state index contributed by atoms with van der Waals surface area (Å²) in [5.74, 6) is -0.220. The molecule has 0 radical (unpaired) electrons. The highest BCUT2D eigenvalue weighted by Gasteiger charge is 2.30. The van der Waals surface area contributed by atoms with Gasteiger partial charge in [0.05, 0.1) is 5.56 Å². The molecule has 0 fully saturated rings. The van der Waals surface area contributed by atoms with E-state index in [-0.39, 0.29) is 17.9 Å². The largest absolute Gasteiger partial charge is 0.416 e. The normalized spacial score (nSPS) is 11.8. The molecule has 0 aliphatic heterocycles. The molecule has 0 saturated heterocycles. The minimum Gasteiger partial charge on any atom is -0.287 e. The second-order valence-electron chi connectivity index (χ2n) is 4.82. The van der Waals surface area contributed by atoms with Crippen molar-refractivity contribution < 1.29 is 22.5 Å². The van der Waals surface area contributed by atoms with Crippen LogP contribution in [0.4, 0.5) is 13.2 Å². The predicted octanol–water partition coefficient (Wildman–Crippen LogP) is 4.09. The van der Waals surface area contributed by atoms with Gasteiger partial charge in [-0.15, -0.1) is 0 Å². The summed E-state index contributed by atoms with van der Waals surface area (Å²) in [7, 11) is 0. The first-order chi connectivity index (χ1) is 10.4. The van der Waals surface area contributed by atoms with Crippen LogP contribution in [0.2, 0.25) is 0 Å². The number of carbonyl (C=O) groups is 1. The van der Waals surface area contributed by atoms with Gasteiger partial charge in [-0.3, -0.25) is 4.79 Å². The fraction of sp³-hybridized carbons (Fsp3) is 0.125. The van der Waals surface area contributed by atoms with Crippen LogP contribution in [0, 0.1) is 0 Å². The lowest BCUT2D eigenvalue weighted by atomic mass is 10.1. The number of alkyl halides is 3. The van der Waals surface area contributed by atoms with E-state index in [4.69, 9.17) is 0 Å². The number of aromatic nitrogens is 1. The van der Waals surface area contributed by atoms with Crippen molar-refractivity contribution in [3.8, 4) is 0 Å². The molecule has 0 unspecified atom stereocenters. The van der Waals surface area contributed by atoms with Crippen molar-refractivity contribution in [3.05, 3.63) is 65.2 Å². The standard InChI is InChI=1S/C16H11F3NOS/c17-16(18,19)12-7-5-11(6-8-12)14(21)9-20-10-22-15-4-2-1-3-13(15)20/h1-8,10H,9H2/q+1. The van der Waals surface area contributed by atoms with Crippen LogP contribution in [0.3, 0.4) is 0 Å². The summed E-state index contributed by atoms with van der Waals surface area (Å²) in [6.07, 6.45) is -4.39. The van der Waals surface area contributed by atoms with E-state index in [0.717, 1.165) is 22.3 Å². The molecule has 6 heteroatoms. The predicted molar refractivity (Wildman–Crippen MR) is 77.8 cm³/mol. The van der Waals surface area contributed by atoms with E-state index in [1.54, 1.807) is 4.57 Å². The Bertz CT molecular complexity index is 821. The van der Waals surface area contributed by atoms with Crippen LogP contribution in [-0.2, 0) is 12.7 Å². The van der Waals surface area contributed by atoms with Crippen LogP contribution in [0.1, 0.15) is 15.9 Å². The van der Waals surface area contributed by atoms with Crippen LogP contribution in [-0.4, -0.2) is 5.78 Å². The molecular formula is C16H11F3NOS+. The van der Waals surface area contributed by atoms with Crippen molar-refractivity contribution >= 4 is 27.3 Å². The number of Topliss-reactive ketones (excluding diaryl/α,β-unsaturated/α-hetero) is 1. The highest BCUT2D eigenvalue weighted by molar-refractivity contribution is 7.16. The molecule has 3 aromatic rings. The summed E-state index contributed by atoms with van der Waals surface area (Å²) in [5, 5.41) is 0. The second-order valence-corrected chi connectivity index (χ2v) is 5.70. The minimum atomic E-state index is -4.39. The van der Waals surface area contributed by atoms with Crippen molar-refractivity contribution in [2.75, 3.05) is 0 Å². The Kier molecular flexibility index (Phi) is 3.70. The van der Waals surface area contributed by atoms with Gasteiger partial charge in [0.1, 0.15) is 4.70 Å². The number of fused-ring (bicyclic) bond motifs is 1. The first kappa shape index (κ1) is 14.7. The lowest BCUT2D eigenvalue weighted by Crippen LogP contribution is -2.36. The second kappa shape index (κ2) is 5.53. The van der Waals surface area contributed by atoms with Gasteiger partial charge in [0.25, 0.3) is 0 Å². The fourth-order valence-electron chi connectivity index (χ4n) is 2.18.